The van der Waals surface area contributed by atoms with Crippen molar-refractivity contribution in [2.24, 2.45) is 7.05 Å². The van der Waals surface area contributed by atoms with E-state index < -0.39 is 12.0 Å². The Labute approximate surface area is 131 Å². The van der Waals surface area contributed by atoms with Crippen molar-refractivity contribution in [3.05, 3.63) is 34.2 Å². The Balaban J connectivity index is 2.02. The summed E-state index contributed by atoms with van der Waals surface area (Å²) in [5, 5.41) is 15.1. The van der Waals surface area contributed by atoms with Crippen molar-refractivity contribution in [2.45, 2.75) is 6.04 Å². The molecule has 0 amide bonds. The third-order valence-electron chi connectivity index (χ3n) is 3.70. The summed E-state index contributed by atoms with van der Waals surface area (Å²) in [5.74, 6) is -0.423. The number of nitrogens with zero attached hydrogens (tertiary/aromatic N) is 3. The first-order valence-corrected chi connectivity index (χ1v) is 7.17. The van der Waals surface area contributed by atoms with Crippen molar-refractivity contribution >= 4 is 17.0 Å². The van der Waals surface area contributed by atoms with E-state index >= 15 is 0 Å². The molecule has 8 heteroatoms. The standard InChI is InChI=1S/C15H15N5O3/c1-20-11-3-2-9(7-16)19-14(11)12(6-13(20)21)23-15(22)10-8-17-4-5-18-10/h2-3,6,10,17-18H,4-5,8H2,1H3/t10-/m0/s1. The van der Waals surface area contributed by atoms with Gasteiger partial charge in [-0.3, -0.25) is 4.79 Å². The van der Waals surface area contributed by atoms with Crippen molar-refractivity contribution in [3.8, 4) is 11.8 Å². The van der Waals surface area contributed by atoms with Gasteiger partial charge >= 0.3 is 5.97 Å². The molecule has 8 nitrogen and oxygen atoms in total. The molecule has 1 aliphatic heterocycles. The minimum atomic E-state index is -0.490. The summed E-state index contributed by atoms with van der Waals surface area (Å²) in [5.41, 5.74) is 0.671. The van der Waals surface area contributed by atoms with Gasteiger partial charge in [-0.15, -0.1) is 0 Å². The number of carbonyl (C=O) groups excluding carboxylic acids is 1. The molecule has 0 bridgehead atoms. The van der Waals surface area contributed by atoms with Crippen LogP contribution < -0.4 is 20.9 Å². The van der Waals surface area contributed by atoms with Crippen LogP contribution in [0, 0.1) is 11.3 Å². The number of ether oxygens (including phenoxy) is 1. The lowest BCUT2D eigenvalue weighted by atomic mass is 10.2. The molecule has 1 aliphatic rings. The second kappa shape index (κ2) is 6.16. The SMILES string of the molecule is Cn1c(=O)cc(OC(=O)[C@@H]2CNCCN2)c2nc(C#N)ccc21. The van der Waals surface area contributed by atoms with Gasteiger partial charge < -0.3 is 19.9 Å². The van der Waals surface area contributed by atoms with Crippen LogP contribution in [0.25, 0.3) is 11.0 Å². The number of rotatable bonds is 2. The first kappa shape index (κ1) is 15.1. The topological polar surface area (TPSA) is 109 Å². The number of piperazine rings is 1. The maximum Gasteiger partial charge on any atom is 0.329 e. The van der Waals surface area contributed by atoms with Gasteiger partial charge in [0.05, 0.1) is 5.52 Å². The van der Waals surface area contributed by atoms with Gasteiger partial charge in [-0.25, -0.2) is 9.78 Å². The second-order valence-corrected chi connectivity index (χ2v) is 5.21. The number of aromatic nitrogens is 2. The van der Waals surface area contributed by atoms with Crippen LogP contribution in [0.1, 0.15) is 5.69 Å². The third-order valence-corrected chi connectivity index (χ3v) is 3.70. The summed E-state index contributed by atoms with van der Waals surface area (Å²) in [6.45, 7) is 1.90. The lowest BCUT2D eigenvalue weighted by molar-refractivity contribution is -0.136. The third kappa shape index (κ3) is 2.92. The highest BCUT2D eigenvalue weighted by Crippen LogP contribution is 2.22. The Morgan fingerprint density at radius 1 is 1.48 bits per heavy atom. The molecule has 0 aliphatic carbocycles. The molecule has 1 fully saturated rings. The van der Waals surface area contributed by atoms with E-state index in [0.29, 0.717) is 24.1 Å². The van der Waals surface area contributed by atoms with Crippen LogP contribution in [0.3, 0.4) is 0 Å². The molecule has 1 atom stereocenters. The number of hydrogen-bond donors (Lipinski definition) is 2. The first-order valence-electron chi connectivity index (χ1n) is 7.17. The fraction of sp³-hybridized carbons (Fsp3) is 0.333. The number of pyridine rings is 2. The molecule has 2 aromatic rings. The Hall–Kier alpha value is -2.76. The maximum atomic E-state index is 12.2. The van der Waals surface area contributed by atoms with Gasteiger partial charge in [0.2, 0.25) is 0 Å². The van der Waals surface area contributed by atoms with Gasteiger partial charge in [0.25, 0.3) is 5.56 Å². The molecule has 1 saturated heterocycles. The summed E-state index contributed by atoms with van der Waals surface area (Å²) in [4.78, 5) is 28.4. The fourth-order valence-electron chi connectivity index (χ4n) is 2.44. The Bertz CT molecular complexity index is 862. The quantitative estimate of drug-likeness (QED) is 0.704. The van der Waals surface area contributed by atoms with Gasteiger partial charge in [-0.2, -0.15) is 5.26 Å². The number of hydrogen-bond acceptors (Lipinski definition) is 7. The smallest absolute Gasteiger partial charge is 0.329 e. The van der Waals surface area contributed by atoms with E-state index in [9.17, 15) is 9.59 Å². The van der Waals surface area contributed by atoms with Crippen LogP contribution in [0.5, 0.6) is 5.75 Å². The lowest BCUT2D eigenvalue weighted by Crippen LogP contribution is -2.53. The zero-order chi connectivity index (χ0) is 16.4. The van der Waals surface area contributed by atoms with Crippen molar-refractivity contribution in [1.29, 1.82) is 5.26 Å². The molecule has 0 radical (unpaired) electrons. The van der Waals surface area contributed by atoms with Crippen LogP contribution in [0.4, 0.5) is 0 Å². The highest BCUT2D eigenvalue weighted by atomic mass is 16.5. The summed E-state index contributed by atoms with van der Waals surface area (Å²) in [7, 11) is 1.59. The molecule has 0 saturated carbocycles. The Morgan fingerprint density at radius 3 is 3.00 bits per heavy atom. The summed E-state index contributed by atoms with van der Waals surface area (Å²) in [6, 6.07) is 5.79. The van der Waals surface area contributed by atoms with E-state index in [1.54, 1.807) is 13.1 Å². The van der Waals surface area contributed by atoms with Gasteiger partial charge in [-0.05, 0) is 12.1 Å². The molecule has 23 heavy (non-hydrogen) atoms. The van der Waals surface area contributed by atoms with Crippen LogP contribution >= 0.6 is 0 Å². The predicted molar refractivity (Wildman–Crippen MR) is 82.0 cm³/mol. The van der Waals surface area contributed by atoms with Gasteiger partial charge in [0.1, 0.15) is 23.3 Å². The number of carbonyl (C=O) groups is 1. The molecule has 118 valence electrons. The lowest BCUT2D eigenvalue weighted by Gasteiger charge is -2.22. The molecule has 0 unspecified atom stereocenters. The summed E-state index contributed by atoms with van der Waals surface area (Å²) >= 11 is 0. The monoisotopic (exact) mass is 313 g/mol. The average molecular weight is 313 g/mol. The Morgan fingerprint density at radius 2 is 2.30 bits per heavy atom. The minimum Gasteiger partial charge on any atom is -0.423 e. The number of aryl methyl sites for hydroxylation is 1. The zero-order valence-electron chi connectivity index (χ0n) is 12.5. The van der Waals surface area contributed by atoms with Gasteiger partial charge in [0.15, 0.2) is 5.75 Å². The zero-order valence-corrected chi connectivity index (χ0v) is 12.5. The van der Waals surface area contributed by atoms with Crippen molar-refractivity contribution < 1.29 is 9.53 Å². The van der Waals surface area contributed by atoms with E-state index in [-0.39, 0.29) is 17.0 Å². The molecule has 0 spiro atoms. The Kier molecular flexibility index (Phi) is 4.06. The van der Waals surface area contributed by atoms with E-state index in [2.05, 4.69) is 15.6 Å². The molecule has 2 N–H and O–H groups in total. The van der Waals surface area contributed by atoms with E-state index in [1.165, 1.54) is 16.7 Å². The van der Waals surface area contributed by atoms with Crippen LogP contribution in [-0.4, -0.2) is 41.2 Å². The number of fused-ring (bicyclic) bond motifs is 1. The van der Waals surface area contributed by atoms with Crippen molar-refractivity contribution in [3.63, 3.8) is 0 Å². The number of nitriles is 1. The molecular formula is C15H15N5O3. The van der Waals surface area contributed by atoms with Crippen molar-refractivity contribution in [2.75, 3.05) is 19.6 Å². The highest BCUT2D eigenvalue weighted by Gasteiger charge is 2.23. The molecule has 0 aromatic carbocycles. The van der Waals surface area contributed by atoms with Crippen LogP contribution in [0.15, 0.2) is 23.0 Å². The van der Waals surface area contributed by atoms with Crippen LogP contribution in [-0.2, 0) is 11.8 Å². The normalized spacial score (nSPS) is 17.7. The fourth-order valence-corrected chi connectivity index (χ4v) is 2.44. The maximum absolute atomic E-state index is 12.2. The summed E-state index contributed by atoms with van der Waals surface area (Å²) in [6.07, 6.45) is 0. The highest BCUT2D eigenvalue weighted by molar-refractivity contribution is 5.86. The van der Waals surface area contributed by atoms with E-state index in [1.807, 2.05) is 6.07 Å². The summed E-state index contributed by atoms with van der Waals surface area (Å²) < 4.78 is 6.77. The van der Waals surface area contributed by atoms with Gasteiger partial charge in [-0.1, -0.05) is 0 Å². The molecule has 3 heterocycles. The first-order chi connectivity index (χ1) is 11.1. The molecule has 2 aromatic heterocycles. The second-order valence-electron chi connectivity index (χ2n) is 5.21. The predicted octanol–water partition coefficient (Wildman–Crippen LogP) is -0.728. The van der Waals surface area contributed by atoms with Crippen LogP contribution in [0.2, 0.25) is 0 Å². The number of esters is 1. The average Bonchev–Trinajstić information content (AvgIpc) is 2.59. The van der Waals surface area contributed by atoms with E-state index in [4.69, 9.17) is 10.00 Å². The van der Waals surface area contributed by atoms with Gasteiger partial charge in [0, 0.05) is 32.7 Å². The van der Waals surface area contributed by atoms with E-state index in [0.717, 1.165) is 6.54 Å². The number of nitrogens with one attached hydrogen (secondary N) is 2. The largest absolute Gasteiger partial charge is 0.423 e. The molecule has 3 rings (SSSR count). The minimum absolute atomic E-state index is 0.0672. The molecular weight excluding hydrogens is 298 g/mol. The van der Waals surface area contributed by atoms with Crippen molar-refractivity contribution in [1.82, 2.24) is 20.2 Å².